The van der Waals surface area contributed by atoms with Crippen molar-refractivity contribution >= 4 is 5.91 Å². The minimum absolute atomic E-state index is 0.0443. The van der Waals surface area contributed by atoms with Gasteiger partial charge in [0.2, 0.25) is 0 Å². The largest absolute Gasteiger partial charge is 0.491 e. The summed E-state index contributed by atoms with van der Waals surface area (Å²) in [5.74, 6) is 0.661. The van der Waals surface area contributed by atoms with E-state index in [1.807, 2.05) is 32.9 Å². The summed E-state index contributed by atoms with van der Waals surface area (Å²) in [6.45, 7) is 6.32. The topological polar surface area (TPSA) is 51.2 Å². The molecule has 0 N–H and O–H groups in total. The van der Waals surface area contributed by atoms with Crippen LogP contribution in [-0.2, 0) is 9.47 Å². The van der Waals surface area contributed by atoms with Crippen LogP contribution >= 0.6 is 0 Å². The maximum absolute atomic E-state index is 13.0. The molecule has 2 aliphatic rings. The van der Waals surface area contributed by atoms with Gasteiger partial charge in [0.15, 0.2) is 0 Å². The number of likely N-dealkylation sites (tertiary alicyclic amines) is 1. The summed E-state index contributed by atoms with van der Waals surface area (Å²) >= 11 is 0. The molecule has 2 saturated heterocycles. The van der Waals surface area contributed by atoms with Crippen LogP contribution in [-0.4, -0.2) is 86.1 Å². The van der Waals surface area contributed by atoms with Gasteiger partial charge in [-0.1, -0.05) is 0 Å². The Morgan fingerprint density at radius 1 is 1.28 bits per heavy atom. The summed E-state index contributed by atoms with van der Waals surface area (Å²) in [6, 6.07) is 5.39. The number of aryl methyl sites for hydroxylation is 1. The van der Waals surface area contributed by atoms with Crippen molar-refractivity contribution in [2.75, 3.05) is 46.4 Å². The van der Waals surface area contributed by atoms with Crippen LogP contribution in [0.25, 0.3) is 0 Å². The molecular weight excluding hydrogens is 425 g/mol. The van der Waals surface area contributed by atoms with Gasteiger partial charge in [-0.05, 0) is 57.4 Å². The fourth-order valence-electron chi connectivity index (χ4n) is 4.58. The number of alkyl halides is 3. The first-order valence-corrected chi connectivity index (χ1v) is 11.0. The molecule has 2 aliphatic heterocycles. The Morgan fingerprint density at radius 3 is 2.53 bits per heavy atom. The van der Waals surface area contributed by atoms with Gasteiger partial charge in [-0.3, -0.25) is 9.69 Å². The lowest BCUT2D eigenvalue weighted by Crippen LogP contribution is -2.61. The standard InChI is InChI=1S/C23H33F3N2O4/c1-16(2)31-20-6-5-18(11-17(20)3)21(29)28-9-7-22(8-10-28)14-27(15-23(24,25)26)12-19(32-22)13-30-4/h5-6,11,16,19H,7-10,12-15H2,1-4H3. The molecule has 6 nitrogen and oxygen atoms in total. The molecule has 0 saturated carbocycles. The minimum Gasteiger partial charge on any atom is -0.491 e. The summed E-state index contributed by atoms with van der Waals surface area (Å²) in [7, 11) is 1.51. The van der Waals surface area contributed by atoms with Gasteiger partial charge in [0.1, 0.15) is 5.75 Å². The van der Waals surface area contributed by atoms with Crippen LogP contribution < -0.4 is 4.74 Å². The van der Waals surface area contributed by atoms with E-state index in [0.717, 1.165) is 11.3 Å². The van der Waals surface area contributed by atoms with Crippen molar-refractivity contribution in [3.05, 3.63) is 29.3 Å². The van der Waals surface area contributed by atoms with E-state index in [1.165, 1.54) is 12.0 Å². The van der Waals surface area contributed by atoms with Crippen LogP contribution in [0.4, 0.5) is 13.2 Å². The number of nitrogens with zero attached hydrogens (tertiary/aromatic N) is 2. The zero-order valence-electron chi connectivity index (χ0n) is 19.2. The fraction of sp³-hybridized carbons (Fsp3) is 0.696. The average molecular weight is 459 g/mol. The third-order valence-corrected chi connectivity index (χ3v) is 5.89. The van der Waals surface area contributed by atoms with Crippen LogP contribution in [0.1, 0.15) is 42.6 Å². The van der Waals surface area contributed by atoms with E-state index >= 15 is 0 Å². The molecule has 1 atom stereocenters. The number of ether oxygens (including phenoxy) is 3. The Bertz CT molecular complexity index is 792. The number of methoxy groups -OCH3 is 1. The number of amides is 1. The molecule has 0 aliphatic carbocycles. The molecule has 1 spiro atoms. The highest BCUT2D eigenvalue weighted by Gasteiger charge is 2.46. The molecule has 2 heterocycles. The first kappa shape index (κ1) is 24.8. The minimum atomic E-state index is -4.27. The van der Waals surface area contributed by atoms with Crippen molar-refractivity contribution in [2.45, 2.75) is 57.6 Å². The number of hydrogen-bond donors (Lipinski definition) is 0. The SMILES string of the molecule is COCC1CN(CC(F)(F)F)CC2(CCN(C(=O)c3ccc(OC(C)C)c(C)c3)CC2)O1. The van der Waals surface area contributed by atoms with Gasteiger partial charge >= 0.3 is 6.18 Å². The summed E-state index contributed by atoms with van der Waals surface area (Å²) in [5, 5.41) is 0. The molecule has 1 amide bonds. The van der Waals surface area contributed by atoms with Crippen LogP contribution in [0.3, 0.4) is 0 Å². The quantitative estimate of drug-likeness (QED) is 0.651. The van der Waals surface area contributed by atoms with E-state index in [1.54, 1.807) is 11.0 Å². The molecule has 1 unspecified atom stereocenters. The number of carbonyl (C=O) groups is 1. The van der Waals surface area contributed by atoms with Crippen molar-refractivity contribution in [1.29, 1.82) is 0 Å². The Kier molecular flexibility index (Phi) is 7.73. The van der Waals surface area contributed by atoms with Gasteiger partial charge in [0.05, 0.1) is 31.0 Å². The number of morpholine rings is 1. The number of rotatable bonds is 6. The third-order valence-electron chi connectivity index (χ3n) is 5.89. The molecule has 0 aromatic heterocycles. The van der Waals surface area contributed by atoms with E-state index in [-0.39, 0.29) is 31.7 Å². The van der Waals surface area contributed by atoms with Crippen molar-refractivity contribution in [2.24, 2.45) is 0 Å². The summed E-state index contributed by atoms with van der Waals surface area (Å²) in [6.07, 6.45) is -3.67. The molecule has 32 heavy (non-hydrogen) atoms. The van der Waals surface area contributed by atoms with Crippen LogP contribution in [0.2, 0.25) is 0 Å². The molecule has 1 aromatic carbocycles. The maximum atomic E-state index is 13.0. The van der Waals surface area contributed by atoms with Gasteiger partial charge in [-0.15, -0.1) is 0 Å². The summed E-state index contributed by atoms with van der Waals surface area (Å²) in [5.41, 5.74) is 0.767. The fourth-order valence-corrected chi connectivity index (χ4v) is 4.58. The second kappa shape index (κ2) is 9.97. The zero-order valence-corrected chi connectivity index (χ0v) is 19.2. The second-order valence-electron chi connectivity index (χ2n) is 9.10. The van der Waals surface area contributed by atoms with E-state index in [0.29, 0.717) is 31.5 Å². The summed E-state index contributed by atoms with van der Waals surface area (Å²) < 4.78 is 56.2. The van der Waals surface area contributed by atoms with E-state index in [9.17, 15) is 18.0 Å². The lowest BCUT2D eigenvalue weighted by Gasteiger charge is -2.50. The highest BCUT2D eigenvalue weighted by molar-refractivity contribution is 5.94. The first-order chi connectivity index (χ1) is 15.0. The second-order valence-corrected chi connectivity index (χ2v) is 9.10. The Morgan fingerprint density at radius 2 is 1.97 bits per heavy atom. The smallest absolute Gasteiger partial charge is 0.401 e. The van der Waals surface area contributed by atoms with Gasteiger partial charge in [-0.2, -0.15) is 13.2 Å². The Hall–Kier alpha value is -1.84. The monoisotopic (exact) mass is 458 g/mol. The number of hydrogen-bond acceptors (Lipinski definition) is 5. The molecule has 9 heteroatoms. The molecule has 0 bridgehead atoms. The highest BCUT2D eigenvalue weighted by Crippen LogP contribution is 2.34. The Labute approximate surface area is 187 Å². The maximum Gasteiger partial charge on any atom is 0.401 e. The number of carbonyl (C=O) groups excluding carboxylic acids is 1. The van der Waals surface area contributed by atoms with Gasteiger partial charge in [-0.25, -0.2) is 0 Å². The van der Waals surface area contributed by atoms with E-state index in [4.69, 9.17) is 14.2 Å². The molecule has 3 rings (SSSR count). The van der Waals surface area contributed by atoms with Crippen LogP contribution in [0, 0.1) is 6.92 Å². The van der Waals surface area contributed by atoms with Crippen molar-refractivity contribution in [3.63, 3.8) is 0 Å². The first-order valence-electron chi connectivity index (χ1n) is 11.0. The van der Waals surface area contributed by atoms with Crippen molar-refractivity contribution in [1.82, 2.24) is 9.80 Å². The lowest BCUT2D eigenvalue weighted by atomic mass is 9.88. The molecular formula is C23H33F3N2O4. The van der Waals surface area contributed by atoms with Crippen LogP contribution in [0.5, 0.6) is 5.75 Å². The molecule has 180 valence electrons. The molecule has 0 radical (unpaired) electrons. The normalized spacial score (nSPS) is 21.9. The number of benzene rings is 1. The number of halogens is 3. The summed E-state index contributed by atoms with van der Waals surface area (Å²) in [4.78, 5) is 16.2. The van der Waals surface area contributed by atoms with Gasteiger partial charge in [0, 0.05) is 38.9 Å². The third kappa shape index (κ3) is 6.36. The van der Waals surface area contributed by atoms with Gasteiger partial charge in [0.25, 0.3) is 5.91 Å². The molecule has 2 fully saturated rings. The lowest BCUT2D eigenvalue weighted by molar-refractivity contribution is -0.211. The zero-order chi connectivity index (χ0) is 23.5. The average Bonchev–Trinajstić information content (AvgIpc) is 2.68. The van der Waals surface area contributed by atoms with E-state index < -0.39 is 24.4 Å². The predicted molar refractivity (Wildman–Crippen MR) is 114 cm³/mol. The Balaban J connectivity index is 1.66. The predicted octanol–water partition coefficient (Wildman–Crippen LogP) is 3.67. The highest BCUT2D eigenvalue weighted by atomic mass is 19.4. The van der Waals surface area contributed by atoms with Crippen LogP contribution in [0.15, 0.2) is 18.2 Å². The van der Waals surface area contributed by atoms with Crippen molar-refractivity contribution < 1.29 is 32.2 Å². The number of piperidine rings is 1. The molecule has 1 aromatic rings. The van der Waals surface area contributed by atoms with E-state index in [2.05, 4.69) is 0 Å². The van der Waals surface area contributed by atoms with Crippen molar-refractivity contribution in [3.8, 4) is 5.75 Å². The van der Waals surface area contributed by atoms with Gasteiger partial charge < -0.3 is 19.1 Å².